The minimum atomic E-state index is -1.02. The van der Waals surface area contributed by atoms with Gasteiger partial charge in [-0.1, -0.05) is 30.3 Å². The van der Waals surface area contributed by atoms with Gasteiger partial charge in [0, 0.05) is 28.8 Å². The molecule has 0 radical (unpaired) electrons. The van der Waals surface area contributed by atoms with Crippen LogP contribution in [0.3, 0.4) is 0 Å². The van der Waals surface area contributed by atoms with E-state index in [1.165, 1.54) is 24.5 Å². The molecule has 2 heterocycles. The van der Waals surface area contributed by atoms with Gasteiger partial charge in [-0.3, -0.25) is 0 Å². The van der Waals surface area contributed by atoms with Crippen LogP contribution in [0.5, 0.6) is 11.5 Å². The number of carbonyl (C=O) groups excluding carboxylic acids is 1. The van der Waals surface area contributed by atoms with E-state index >= 15 is 0 Å². The smallest absolute Gasteiger partial charge is 0.333 e. The lowest BCUT2D eigenvalue weighted by molar-refractivity contribution is -0.138. The number of aliphatic hydroxyl groups is 1. The highest BCUT2D eigenvalue weighted by molar-refractivity contribution is 5.93. The molecule has 0 bridgehead atoms. The molecule has 5 rings (SSSR count). The second-order valence-corrected chi connectivity index (χ2v) is 8.88. The number of aliphatic hydroxyl groups excluding tert-OH is 1. The number of nitrogens with zero attached hydrogens (tertiary/aromatic N) is 1. The molecule has 198 valence electrons. The van der Waals surface area contributed by atoms with Crippen molar-refractivity contribution >= 4 is 22.9 Å². The molecule has 39 heavy (non-hydrogen) atoms. The van der Waals surface area contributed by atoms with Gasteiger partial charge < -0.3 is 24.5 Å². The van der Waals surface area contributed by atoms with Crippen molar-refractivity contribution in [2.45, 2.75) is 20.0 Å². The first-order valence-corrected chi connectivity index (χ1v) is 12.3. The first-order valence-electron chi connectivity index (χ1n) is 12.3. The average molecular weight is 530 g/mol. The van der Waals surface area contributed by atoms with Crippen molar-refractivity contribution in [3.05, 3.63) is 107 Å². The summed E-state index contributed by atoms with van der Waals surface area (Å²) in [5.41, 5.74) is 3.15. The first kappa shape index (κ1) is 25.9. The molecule has 7 nitrogen and oxygen atoms in total. The summed E-state index contributed by atoms with van der Waals surface area (Å²) in [5.74, 6) is -1.87. The number of benzene rings is 3. The predicted octanol–water partition coefficient (Wildman–Crippen LogP) is 6.68. The zero-order valence-electron chi connectivity index (χ0n) is 21.2. The lowest BCUT2D eigenvalue weighted by atomic mass is 10.0. The summed E-state index contributed by atoms with van der Waals surface area (Å²) in [7, 11) is 0. The molecule has 0 aliphatic heterocycles. The summed E-state index contributed by atoms with van der Waals surface area (Å²) in [5, 5.41) is 11.2. The van der Waals surface area contributed by atoms with Crippen molar-refractivity contribution < 1.29 is 28.2 Å². The van der Waals surface area contributed by atoms with Crippen LogP contribution < -0.4 is 4.74 Å². The first-order chi connectivity index (χ1) is 18.8. The Balaban J connectivity index is 1.36. The molecular formula is C30H25F2N3O4. The number of imidazole rings is 1. The number of ether oxygens (including phenoxy) is 2. The molecule has 9 heteroatoms. The number of esters is 1. The summed E-state index contributed by atoms with van der Waals surface area (Å²) in [6, 6.07) is 16.4. The molecular weight excluding hydrogens is 504 g/mol. The Labute approximate surface area is 222 Å². The van der Waals surface area contributed by atoms with E-state index in [1.54, 1.807) is 62.4 Å². The maximum absolute atomic E-state index is 14.8. The van der Waals surface area contributed by atoms with Crippen LogP contribution in [0.25, 0.3) is 28.4 Å². The van der Waals surface area contributed by atoms with Crippen molar-refractivity contribution in [1.82, 2.24) is 15.0 Å². The average Bonchev–Trinajstić information content (AvgIpc) is 3.61. The van der Waals surface area contributed by atoms with Gasteiger partial charge in [0.15, 0.2) is 17.4 Å². The van der Waals surface area contributed by atoms with E-state index in [0.717, 1.165) is 5.56 Å². The molecule has 2 aromatic heterocycles. The van der Waals surface area contributed by atoms with Crippen molar-refractivity contribution in [2.24, 2.45) is 0 Å². The van der Waals surface area contributed by atoms with Gasteiger partial charge in [0.2, 0.25) is 0 Å². The molecule has 5 aromatic rings. The molecule has 0 amide bonds. The molecule has 0 aliphatic carbocycles. The molecule has 0 unspecified atom stereocenters. The number of H-pyrrole nitrogens is 2. The maximum atomic E-state index is 14.8. The second-order valence-electron chi connectivity index (χ2n) is 8.88. The number of halogens is 2. The Morgan fingerprint density at radius 3 is 2.77 bits per heavy atom. The molecule has 0 saturated heterocycles. The van der Waals surface area contributed by atoms with Gasteiger partial charge in [0.25, 0.3) is 0 Å². The highest BCUT2D eigenvalue weighted by Gasteiger charge is 2.18. The van der Waals surface area contributed by atoms with Crippen molar-refractivity contribution in [3.8, 4) is 22.9 Å². The van der Waals surface area contributed by atoms with Gasteiger partial charge >= 0.3 is 5.97 Å². The van der Waals surface area contributed by atoms with Crippen LogP contribution in [0.1, 0.15) is 36.8 Å². The van der Waals surface area contributed by atoms with Crippen LogP contribution in [0.2, 0.25) is 0 Å². The van der Waals surface area contributed by atoms with E-state index in [1.807, 2.05) is 6.07 Å². The summed E-state index contributed by atoms with van der Waals surface area (Å²) in [4.78, 5) is 22.2. The van der Waals surface area contributed by atoms with Gasteiger partial charge in [-0.05, 0) is 55.3 Å². The minimum Gasteiger partial charge on any atom is -0.463 e. The molecule has 3 aromatic carbocycles. The Morgan fingerprint density at radius 2 is 1.95 bits per heavy atom. The van der Waals surface area contributed by atoms with Crippen LogP contribution in [-0.2, 0) is 9.53 Å². The van der Waals surface area contributed by atoms with Crippen molar-refractivity contribution in [2.75, 3.05) is 6.61 Å². The number of rotatable bonds is 8. The molecule has 0 fully saturated rings. The number of aromatic amines is 2. The number of carbonyl (C=O) groups is 1. The summed E-state index contributed by atoms with van der Waals surface area (Å²) in [6.07, 6.45) is 3.72. The fourth-order valence-electron chi connectivity index (χ4n) is 4.20. The number of aromatic nitrogens is 3. The minimum absolute atomic E-state index is 0.218. The van der Waals surface area contributed by atoms with E-state index in [4.69, 9.17) is 9.47 Å². The third-order valence-electron chi connectivity index (χ3n) is 6.13. The molecule has 0 spiro atoms. The van der Waals surface area contributed by atoms with E-state index in [-0.39, 0.29) is 17.7 Å². The Hall–Kier alpha value is -4.76. The quantitative estimate of drug-likeness (QED) is 0.154. The molecule has 3 N–H and O–H groups in total. The largest absolute Gasteiger partial charge is 0.463 e. The lowest BCUT2D eigenvalue weighted by Gasteiger charge is -2.11. The van der Waals surface area contributed by atoms with Crippen LogP contribution in [0.15, 0.2) is 78.6 Å². The van der Waals surface area contributed by atoms with Gasteiger partial charge in [-0.15, -0.1) is 0 Å². The molecule has 0 saturated carbocycles. The van der Waals surface area contributed by atoms with Gasteiger partial charge in [-0.2, -0.15) is 0 Å². The van der Waals surface area contributed by atoms with E-state index in [2.05, 4.69) is 15.0 Å². The van der Waals surface area contributed by atoms with Crippen LogP contribution in [0, 0.1) is 11.6 Å². The monoisotopic (exact) mass is 529 g/mol. The third-order valence-corrected chi connectivity index (χ3v) is 6.13. The maximum Gasteiger partial charge on any atom is 0.333 e. The standard InChI is InChI=1S/C30H25F2N3O4/c1-3-38-30(37)17(2)12-18-6-4-7-19(13-18)27(36)25-16-34-29(35-25)20-8-5-9-21(14-20)39-28-23(31)15-24-22(26(28)32)10-11-33-24/h4-16,27,33,36H,3H2,1-2H3,(H,34,35)/t27-/m0/s1. The number of nitrogens with one attached hydrogen (secondary N) is 2. The van der Waals surface area contributed by atoms with E-state index < -0.39 is 29.5 Å². The van der Waals surface area contributed by atoms with E-state index in [9.17, 15) is 18.7 Å². The van der Waals surface area contributed by atoms with Crippen LogP contribution in [-0.4, -0.2) is 32.6 Å². The number of hydrogen-bond acceptors (Lipinski definition) is 5. The highest BCUT2D eigenvalue weighted by Crippen LogP contribution is 2.34. The van der Waals surface area contributed by atoms with Gasteiger partial charge in [0.05, 0.1) is 24.0 Å². The second kappa shape index (κ2) is 10.9. The normalized spacial score (nSPS) is 12.5. The third kappa shape index (κ3) is 5.44. The number of hydrogen-bond donors (Lipinski definition) is 3. The van der Waals surface area contributed by atoms with Gasteiger partial charge in [0.1, 0.15) is 17.7 Å². The van der Waals surface area contributed by atoms with Crippen LogP contribution >= 0.6 is 0 Å². The van der Waals surface area contributed by atoms with Crippen molar-refractivity contribution in [1.29, 1.82) is 0 Å². The topological polar surface area (TPSA) is 100 Å². The Bertz CT molecular complexity index is 1690. The fraction of sp³-hybridized carbons (Fsp3) is 0.133. The van der Waals surface area contributed by atoms with Crippen molar-refractivity contribution in [3.63, 3.8) is 0 Å². The molecule has 1 atom stereocenters. The van der Waals surface area contributed by atoms with Gasteiger partial charge in [-0.25, -0.2) is 18.6 Å². The van der Waals surface area contributed by atoms with Crippen LogP contribution in [0.4, 0.5) is 8.78 Å². The molecule has 0 aliphatic rings. The number of fused-ring (bicyclic) bond motifs is 1. The van der Waals surface area contributed by atoms with E-state index in [0.29, 0.717) is 33.7 Å². The summed E-state index contributed by atoms with van der Waals surface area (Å²) < 4.78 is 40.0. The fourth-order valence-corrected chi connectivity index (χ4v) is 4.20. The Morgan fingerprint density at radius 1 is 1.13 bits per heavy atom. The summed E-state index contributed by atoms with van der Waals surface area (Å²) in [6.45, 7) is 3.70. The highest BCUT2D eigenvalue weighted by atomic mass is 19.1. The SMILES string of the molecule is CCOC(=O)C(C)=Cc1cccc([C@H](O)c2cnc(-c3cccc(Oc4c(F)cc5[nH]ccc5c4F)c3)[nH]2)c1. The zero-order chi connectivity index (χ0) is 27.5. The zero-order valence-corrected chi connectivity index (χ0v) is 21.2. The Kier molecular flexibility index (Phi) is 7.25. The predicted molar refractivity (Wildman–Crippen MR) is 143 cm³/mol. The lowest BCUT2D eigenvalue weighted by Crippen LogP contribution is -2.05. The summed E-state index contributed by atoms with van der Waals surface area (Å²) >= 11 is 0.